The van der Waals surface area contributed by atoms with Crippen molar-refractivity contribution in [2.45, 2.75) is 13.3 Å². The van der Waals surface area contributed by atoms with Crippen LogP contribution in [0.2, 0.25) is 0 Å². The second kappa shape index (κ2) is 4.34. The van der Waals surface area contributed by atoms with Crippen LogP contribution in [0.1, 0.15) is 11.1 Å². The van der Waals surface area contributed by atoms with E-state index in [4.69, 9.17) is 5.73 Å². The van der Waals surface area contributed by atoms with Gasteiger partial charge in [-0.25, -0.2) is 4.98 Å². The predicted molar refractivity (Wildman–Crippen MR) is 86.9 cm³/mol. The maximum Gasteiger partial charge on any atom is 0.231 e. The lowest BCUT2D eigenvalue weighted by molar-refractivity contribution is -0.117. The number of imidazole rings is 1. The summed E-state index contributed by atoms with van der Waals surface area (Å²) in [6.07, 6.45) is 2.37. The van der Waals surface area contributed by atoms with Gasteiger partial charge < -0.3 is 10.6 Å². The number of aromatic nitrogens is 2. The molecule has 0 unspecified atom stereocenters. The highest BCUT2D eigenvalue weighted by atomic mass is 16.2. The maximum atomic E-state index is 11.8. The normalized spacial score (nSPS) is 13.9. The van der Waals surface area contributed by atoms with E-state index >= 15 is 0 Å². The molecule has 1 aliphatic rings. The Balaban J connectivity index is 1.88. The Morgan fingerprint density at radius 2 is 2.05 bits per heavy atom. The van der Waals surface area contributed by atoms with E-state index in [1.165, 1.54) is 0 Å². The Hall–Kier alpha value is -2.82. The van der Waals surface area contributed by atoms with Crippen molar-refractivity contribution in [3.8, 4) is 11.3 Å². The maximum absolute atomic E-state index is 11.8. The lowest BCUT2D eigenvalue weighted by Gasteiger charge is -2.10. The highest BCUT2D eigenvalue weighted by Gasteiger charge is 2.24. The molecule has 0 atom stereocenters. The largest absolute Gasteiger partial charge is 0.383 e. The molecule has 0 radical (unpaired) electrons. The monoisotopic (exact) mass is 292 g/mol. The molecular weight excluding hydrogens is 276 g/mol. The van der Waals surface area contributed by atoms with Gasteiger partial charge in [0.25, 0.3) is 0 Å². The number of hydrogen-bond acceptors (Lipinski definition) is 3. The summed E-state index contributed by atoms with van der Waals surface area (Å²) in [4.78, 5) is 18.1. The van der Waals surface area contributed by atoms with Crippen LogP contribution in [-0.4, -0.2) is 22.3 Å². The van der Waals surface area contributed by atoms with Gasteiger partial charge in [-0.2, -0.15) is 0 Å². The molecule has 22 heavy (non-hydrogen) atoms. The zero-order valence-electron chi connectivity index (χ0n) is 12.5. The van der Waals surface area contributed by atoms with Gasteiger partial charge in [0.1, 0.15) is 17.2 Å². The standard InChI is InChI=1S/C17H16N4O/c1-10-5-6-21-14(7-10)19-16(17(21)18)11-3-4-13-12(8-11)9-15(22)20(13)2/h3-8H,9,18H2,1-2H3. The average molecular weight is 292 g/mol. The van der Waals surface area contributed by atoms with E-state index in [1.54, 1.807) is 11.9 Å². The number of anilines is 2. The summed E-state index contributed by atoms with van der Waals surface area (Å²) in [7, 11) is 1.80. The van der Waals surface area contributed by atoms with Crippen LogP contribution < -0.4 is 10.6 Å². The van der Waals surface area contributed by atoms with Gasteiger partial charge in [-0.15, -0.1) is 0 Å². The predicted octanol–water partition coefficient (Wildman–Crippen LogP) is 2.41. The third-order valence-electron chi connectivity index (χ3n) is 4.25. The van der Waals surface area contributed by atoms with Crippen LogP contribution in [0.15, 0.2) is 36.5 Å². The minimum absolute atomic E-state index is 0.116. The first-order chi connectivity index (χ1) is 10.5. The summed E-state index contributed by atoms with van der Waals surface area (Å²) in [6, 6.07) is 9.96. The molecule has 2 aromatic heterocycles. The molecule has 5 nitrogen and oxygen atoms in total. The minimum atomic E-state index is 0.116. The van der Waals surface area contributed by atoms with Gasteiger partial charge in [-0.1, -0.05) is 6.07 Å². The lowest BCUT2D eigenvalue weighted by Crippen LogP contribution is -2.20. The van der Waals surface area contributed by atoms with Crippen molar-refractivity contribution in [1.82, 2.24) is 9.38 Å². The van der Waals surface area contributed by atoms with Gasteiger partial charge in [-0.3, -0.25) is 9.20 Å². The van der Waals surface area contributed by atoms with Gasteiger partial charge in [0.15, 0.2) is 0 Å². The zero-order chi connectivity index (χ0) is 15.4. The summed E-state index contributed by atoms with van der Waals surface area (Å²) in [5.74, 6) is 0.735. The Morgan fingerprint density at radius 3 is 2.86 bits per heavy atom. The molecule has 4 rings (SSSR count). The van der Waals surface area contributed by atoms with E-state index in [9.17, 15) is 4.79 Å². The van der Waals surface area contributed by atoms with Crippen molar-refractivity contribution >= 4 is 23.1 Å². The third-order valence-corrected chi connectivity index (χ3v) is 4.25. The second-order valence-electron chi connectivity index (χ2n) is 5.75. The molecule has 3 aromatic rings. The second-order valence-corrected chi connectivity index (χ2v) is 5.75. The number of hydrogen-bond donors (Lipinski definition) is 1. The van der Waals surface area contributed by atoms with Crippen molar-refractivity contribution < 1.29 is 4.79 Å². The smallest absolute Gasteiger partial charge is 0.231 e. The number of likely N-dealkylation sites (N-methyl/N-ethyl adjacent to an activating group) is 1. The molecule has 5 heteroatoms. The van der Waals surface area contributed by atoms with Crippen molar-refractivity contribution in [1.29, 1.82) is 0 Å². The molecule has 0 spiro atoms. The number of pyridine rings is 1. The molecule has 0 saturated heterocycles. The van der Waals surface area contributed by atoms with Crippen LogP contribution in [0.25, 0.3) is 16.9 Å². The number of aryl methyl sites for hydroxylation is 1. The fraction of sp³-hybridized carbons (Fsp3) is 0.176. The Morgan fingerprint density at radius 1 is 1.23 bits per heavy atom. The van der Waals surface area contributed by atoms with Crippen LogP contribution in [0.3, 0.4) is 0 Å². The van der Waals surface area contributed by atoms with Crippen LogP contribution in [-0.2, 0) is 11.2 Å². The number of nitrogens with two attached hydrogens (primary N) is 1. The fourth-order valence-corrected chi connectivity index (χ4v) is 3.00. The number of amides is 1. The molecule has 0 fully saturated rings. The number of nitrogen functional groups attached to an aromatic ring is 1. The fourth-order valence-electron chi connectivity index (χ4n) is 3.00. The molecule has 0 aliphatic carbocycles. The Kier molecular flexibility index (Phi) is 2.54. The van der Waals surface area contributed by atoms with Crippen LogP contribution >= 0.6 is 0 Å². The topological polar surface area (TPSA) is 63.6 Å². The average Bonchev–Trinajstić information content (AvgIpc) is 2.96. The van der Waals surface area contributed by atoms with E-state index in [1.807, 2.05) is 47.9 Å². The molecule has 2 N–H and O–H groups in total. The molecular formula is C17H16N4O. The van der Waals surface area contributed by atoms with Gasteiger partial charge in [0.2, 0.25) is 5.91 Å². The molecule has 1 aromatic carbocycles. The molecule has 0 saturated carbocycles. The third kappa shape index (κ3) is 1.72. The summed E-state index contributed by atoms with van der Waals surface area (Å²) in [5.41, 5.74) is 11.9. The van der Waals surface area contributed by atoms with Gasteiger partial charge >= 0.3 is 0 Å². The number of fused-ring (bicyclic) bond motifs is 2. The van der Waals surface area contributed by atoms with E-state index in [-0.39, 0.29) is 5.91 Å². The molecule has 1 aliphatic heterocycles. The van der Waals surface area contributed by atoms with E-state index in [0.717, 1.165) is 33.7 Å². The number of rotatable bonds is 1. The summed E-state index contributed by atoms with van der Waals surface area (Å²) in [6.45, 7) is 2.03. The first-order valence-corrected chi connectivity index (χ1v) is 7.18. The SMILES string of the molecule is Cc1ccn2c(N)c(-c3ccc4c(c3)CC(=O)N4C)nc2c1. The minimum Gasteiger partial charge on any atom is -0.383 e. The Labute approximate surface area is 128 Å². The summed E-state index contributed by atoms with van der Waals surface area (Å²) in [5, 5.41) is 0. The summed E-state index contributed by atoms with van der Waals surface area (Å²) < 4.78 is 1.88. The van der Waals surface area contributed by atoms with Gasteiger partial charge in [0, 0.05) is 24.5 Å². The number of benzene rings is 1. The first-order valence-electron chi connectivity index (χ1n) is 7.18. The zero-order valence-corrected chi connectivity index (χ0v) is 12.5. The lowest BCUT2D eigenvalue weighted by atomic mass is 10.1. The van der Waals surface area contributed by atoms with Gasteiger partial charge in [0.05, 0.1) is 6.42 Å². The highest BCUT2D eigenvalue weighted by molar-refractivity contribution is 6.01. The van der Waals surface area contributed by atoms with Crippen LogP contribution in [0, 0.1) is 6.92 Å². The molecule has 3 heterocycles. The van der Waals surface area contributed by atoms with E-state index in [0.29, 0.717) is 12.2 Å². The first kappa shape index (κ1) is 12.9. The number of carbonyl (C=O) groups is 1. The number of carbonyl (C=O) groups excluding carboxylic acids is 1. The van der Waals surface area contributed by atoms with Crippen molar-refractivity contribution in [2.24, 2.45) is 0 Å². The molecule has 110 valence electrons. The van der Waals surface area contributed by atoms with Gasteiger partial charge in [-0.05, 0) is 42.3 Å². The van der Waals surface area contributed by atoms with E-state index in [2.05, 4.69) is 4.98 Å². The van der Waals surface area contributed by atoms with E-state index < -0.39 is 0 Å². The Bertz CT molecular complexity index is 926. The summed E-state index contributed by atoms with van der Waals surface area (Å²) >= 11 is 0. The number of nitrogens with zero attached hydrogens (tertiary/aromatic N) is 3. The van der Waals surface area contributed by atoms with Crippen molar-refractivity contribution in [2.75, 3.05) is 17.7 Å². The quantitative estimate of drug-likeness (QED) is 0.749. The molecule has 1 amide bonds. The highest BCUT2D eigenvalue weighted by Crippen LogP contribution is 2.34. The van der Waals surface area contributed by atoms with Crippen LogP contribution in [0.4, 0.5) is 11.5 Å². The molecule has 0 bridgehead atoms. The van der Waals surface area contributed by atoms with Crippen molar-refractivity contribution in [3.05, 3.63) is 47.7 Å². The van der Waals surface area contributed by atoms with Crippen LogP contribution in [0.5, 0.6) is 0 Å². The van der Waals surface area contributed by atoms with Crippen molar-refractivity contribution in [3.63, 3.8) is 0 Å².